The first-order valence-corrected chi connectivity index (χ1v) is 4.31. The van der Waals surface area contributed by atoms with E-state index in [1.165, 1.54) is 6.08 Å². The number of allylic oxidation sites excluding steroid dienone is 2. The molecule has 1 aliphatic rings. The van der Waals surface area contributed by atoms with Crippen LogP contribution in [0.5, 0.6) is 0 Å². The van der Waals surface area contributed by atoms with Gasteiger partial charge in [0.15, 0.2) is 0 Å². The molecule has 0 bridgehead atoms. The molecule has 0 aliphatic heterocycles. The summed E-state index contributed by atoms with van der Waals surface area (Å²) in [4.78, 5) is 31.7. The van der Waals surface area contributed by atoms with Gasteiger partial charge in [0.1, 0.15) is 11.5 Å². The molecule has 7 nitrogen and oxygen atoms in total. The summed E-state index contributed by atoms with van der Waals surface area (Å²) in [6.07, 6.45) is 3.36. The van der Waals surface area contributed by atoms with Crippen LogP contribution in [0.15, 0.2) is 23.8 Å². The lowest BCUT2D eigenvalue weighted by atomic mass is 9.76. The summed E-state index contributed by atoms with van der Waals surface area (Å²) >= 11 is 0. The molecular formula is C9H9NO6. The second-order valence-electron chi connectivity index (χ2n) is 3.49. The fraction of sp³-hybridized carbons (Fsp3) is 0.333. The molecule has 0 spiro atoms. The Morgan fingerprint density at radius 1 is 1.50 bits per heavy atom. The zero-order chi connectivity index (χ0) is 12.5. The van der Waals surface area contributed by atoms with E-state index in [-0.39, 0.29) is 0 Å². The molecule has 0 saturated carbocycles. The van der Waals surface area contributed by atoms with Crippen molar-refractivity contribution in [1.82, 2.24) is 0 Å². The topological polar surface area (TPSA) is 118 Å². The van der Waals surface area contributed by atoms with E-state index in [1.54, 1.807) is 0 Å². The van der Waals surface area contributed by atoms with E-state index in [0.717, 1.165) is 19.1 Å². The largest absolute Gasteiger partial charge is 0.481 e. The number of rotatable bonds is 3. The van der Waals surface area contributed by atoms with Crippen LogP contribution in [0.25, 0.3) is 0 Å². The average molecular weight is 227 g/mol. The van der Waals surface area contributed by atoms with Gasteiger partial charge in [-0.15, -0.1) is 0 Å². The lowest BCUT2D eigenvalue weighted by molar-refractivity contribution is -0.558. The minimum absolute atomic E-state index is 0.535. The molecule has 0 aromatic carbocycles. The third-order valence-electron chi connectivity index (χ3n) is 2.59. The lowest BCUT2D eigenvalue weighted by Crippen LogP contribution is -2.50. The van der Waals surface area contributed by atoms with Gasteiger partial charge in [-0.2, -0.15) is 0 Å². The normalized spacial score (nSPS) is 28.3. The Hall–Kier alpha value is -2.18. The van der Waals surface area contributed by atoms with Gasteiger partial charge in [-0.05, 0) is 6.08 Å². The maximum Gasteiger partial charge on any atom is 0.338 e. The SMILES string of the molecule is CC1([N+](=O)[O-])C(C(=O)O)=CC=CC1C(=O)O. The first-order chi connectivity index (χ1) is 7.31. The minimum Gasteiger partial charge on any atom is -0.481 e. The molecule has 2 unspecified atom stereocenters. The van der Waals surface area contributed by atoms with Crippen LogP contribution in [0.3, 0.4) is 0 Å². The van der Waals surface area contributed by atoms with Gasteiger partial charge in [0.05, 0.1) is 0 Å². The second kappa shape index (κ2) is 3.76. The predicted octanol–water partition coefficient (Wildman–Crippen LogP) is 0.303. The first kappa shape index (κ1) is 11.9. The molecule has 0 heterocycles. The molecule has 0 aromatic rings. The summed E-state index contributed by atoms with van der Waals surface area (Å²) in [5.41, 5.74) is -2.68. The summed E-state index contributed by atoms with van der Waals surface area (Å²) in [7, 11) is 0. The highest BCUT2D eigenvalue weighted by atomic mass is 16.6. The molecule has 86 valence electrons. The van der Waals surface area contributed by atoms with Gasteiger partial charge in [-0.3, -0.25) is 14.9 Å². The predicted molar refractivity (Wildman–Crippen MR) is 51.4 cm³/mol. The third-order valence-corrected chi connectivity index (χ3v) is 2.59. The molecule has 0 fully saturated rings. The molecule has 1 aliphatic carbocycles. The molecule has 2 N–H and O–H groups in total. The van der Waals surface area contributed by atoms with Crippen molar-refractivity contribution in [2.45, 2.75) is 12.5 Å². The van der Waals surface area contributed by atoms with Crippen LogP contribution in [0, 0.1) is 16.0 Å². The Kier molecular flexibility index (Phi) is 2.80. The Labute approximate surface area is 89.8 Å². The van der Waals surface area contributed by atoms with E-state index < -0.39 is 33.9 Å². The fourth-order valence-corrected chi connectivity index (χ4v) is 1.61. The van der Waals surface area contributed by atoms with Crippen molar-refractivity contribution in [3.63, 3.8) is 0 Å². The Morgan fingerprint density at radius 2 is 2.06 bits per heavy atom. The number of aliphatic carboxylic acids is 2. The van der Waals surface area contributed by atoms with Crippen LogP contribution < -0.4 is 0 Å². The standard InChI is InChI=1S/C9H9NO6/c1-9(10(15)16)5(7(11)12)3-2-4-6(9)8(13)14/h2-5H,1H3,(H,11,12)(H,13,14). The number of carbonyl (C=O) groups is 2. The van der Waals surface area contributed by atoms with Crippen LogP contribution in [-0.4, -0.2) is 32.6 Å². The summed E-state index contributed by atoms with van der Waals surface area (Å²) in [5.74, 6) is -4.41. The molecule has 0 aromatic heterocycles. The number of carboxylic acids is 2. The van der Waals surface area contributed by atoms with Gasteiger partial charge in [-0.1, -0.05) is 12.2 Å². The van der Waals surface area contributed by atoms with Crippen LogP contribution in [0.1, 0.15) is 6.92 Å². The van der Waals surface area contributed by atoms with Gasteiger partial charge in [-0.25, -0.2) is 4.79 Å². The van der Waals surface area contributed by atoms with Crippen molar-refractivity contribution >= 4 is 11.9 Å². The van der Waals surface area contributed by atoms with Gasteiger partial charge in [0.25, 0.3) is 5.54 Å². The van der Waals surface area contributed by atoms with Crippen molar-refractivity contribution in [2.24, 2.45) is 5.92 Å². The fourth-order valence-electron chi connectivity index (χ4n) is 1.61. The minimum atomic E-state index is -2.15. The Balaban J connectivity index is 3.36. The monoisotopic (exact) mass is 227 g/mol. The van der Waals surface area contributed by atoms with Gasteiger partial charge in [0, 0.05) is 11.8 Å². The molecule has 2 atom stereocenters. The molecule has 0 radical (unpaired) electrons. The maximum absolute atomic E-state index is 10.9. The van der Waals surface area contributed by atoms with E-state index in [4.69, 9.17) is 10.2 Å². The number of nitrogens with zero attached hydrogens (tertiary/aromatic N) is 1. The average Bonchev–Trinajstić information content (AvgIpc) is 2.16. The first-order valence-electron chi connectivity index (χ1n) is 4.31. The molecule has 16 heavy (non-hydrogen) atoms. The van der Waals surface area contributed by atoms with Crippen molar-refractivity contribution < 1.29 is 24.7 Å². The molecule has 0 saturated heterocycles. The highest BCUT2D eigenvalue weighted by molar-refractivity contribution is 5.92. The number of hydrogen-bond acceptors (Lipinski definition) is 4. The number of nitro groups is 1. The van der Waals surface area contributed by atoms with Crippen molar-refractivity contribution in [1.29, 1.82) is 0 Å². The maximum atomic E-state index is 10.9. The number of carboxylic acid groups (broad SMARTS) is 2. The van der Waals surface area contributed by atoms with Crippen LogP contribution in [-0.2, 0) is 9.59 Å². The Bertz CT molecular complexity index is 424. The Morgan fingerprint density at radius 3 is 2.44 bits per heavy atom. The summed E-state index contributed by atoms with van der Waals surface area (Å²) < 4.78 is 0. The zero-order valence-electron chi connectivity index (χ0n) is 8.28. The molecule has 7 heteroatoms. The van der Waals surface area contributed by atoms with Crippen LogP contribution in [0.2, 0.25) is 0 Å². The second-order valence-corrected chi connectivity index (χ2v) is 3.49. The van der Waals surface area contributed by atoms with Gasteiger partial charge in [0.2, 0.25) is 0 Å². The molecule has 1 rings (SSSR count). The van der Waals surface area contributed by atoms with E-state index in [2.05, 4.69) is 0 Å². The smallest absolute Gasteiger partial charge is 0.338 e. The van der Waals surface area contributed by atoms with E-state index in [0.29, 0.717) is 0 Å². The van der Waals surface area contributed by atoms with Gasteiger partial charge >= 0.3 is 11.9 Å². The lowest BCUT2D eigenvalue weighted by Gasteiger charge is -2.27. The van der Waals surface area contributed by atoms with E-state index in [9.17, 15) is 19.7 Å². The zero-order valence-corrected chi connectivity index (χ0v) is 8.28. The van der Waals surface area contributed by atoms with E-state index >= 15 is 0 Å². The quantitative estimate of drug-likeness (QED) is 0.529. The van der Waals surface area contributed by atoms with Crippen molar-refractivity contribution in [3.05, 3.63) is 33.9 Å². The summed E-state index contributed by atoms with van der Waals surface area (Å²) in [6, 6.07) is 0. The van der Waals surface area contributed by atoms with Gasteiger partial charge < -0.3 is 10.2 Å². The summed E-state index contributed by atoms with van der Waals surface area (Å²) in [5, 5.41) is 28.6. The number of hydrogen-bond donors (Lipinski definition) is 2. The highest BCUT2D eigenvalue weighted by Gasteiger charge is 2.55. The highest BCUT2D eigenvalue weighted by Crippen LogP contribution is 2.34. The molecular weight excluding hydrogens is 218 g/mol. The van der Waals surface area contributed by atoms with Crippen molar-refractivity contribution in [3.8, 4) is 0 Å². The van der Waals surface area contributed by atoms with Crippen molar-refractivity contribution in [2.75, 3.05) is 0 Å². The van der Waals surface area contributed by atoms with Crippen LogP contribution in [0.4, 0.5) is 0 Å². The summed E-state index contributed by atoms with van der Waals surface area (Å²) in [6.45, 7) is 0.995. The van der Waals surface area contributed by atoms with Crippen LogP contribution >= 0.6 is 0 Å². The van der Waals surface area contributed by atoms with E-state index in [1.807, 2.05) is 0 Å². The molecule has 0 amide bonds. The third kappa shape index (κ3) is 1.56.